The SMILES string of the molecule is CC(C)C(=O)C1CC(C(C)C)CCC1=O. The molecular formula is C13H22O2. The molecule has 0 spiro atoms. The van der Waals surface area contributed by atoms with Gasteiger partial charge in [-0.3, -0.25) is 9.59 Å². The summed E-state index contributed by atoms with van der Waals surface area (Å²) < 4.78 is 0. The van der Waals surface area contributed by atoms with E-state index in [2.05, 4.69) is 13.8 Å². The topological polar surface area (TPSA) is 34.1 Å². The van der Waals surface area contributed by atoms with E-state index in [1.165, 1.54) is 0 Å². The van der Waals surface area contributed by atoms with E-state index in [9.17, 15) is 9.59 Å². The third-order valence-electron chi connectivity index (χ3n) is 3.54. The van der Waals surface area contributed by atoms with Gasteiger partial charge in [0.25, 0.3) is 0 Å². The molecule has 86 valence electrons. The average Bonchev–Trinajstić information content (AvgIpc) is 2.16. The van der Waals surface area contributed by atoms with Crippen LogP contribution in [0.4, 0.5) is 0 Å². The van der Waals surface area contributed by atoms with Crippen LogP contribution in [0.3, 0.4) is 0 Å². The van der Waals surface area contributed by atoms with Crippen molar-refractivity contribution in [2.24, 2.45) is 23.7 Å². The lowest BCUT2D eigenvalue weighted by Gasteiger charge is -2.30. The van der Waals surface area contributed by atoms with Crippen molar-refractivity contribution in [3.8, 4) is 0 Å². The van der Waals surface area contributed by atoms with Crippen LogP contribution in [-0.4, -0.2) is 11.6 Å². The maximum atomic E-state index is 11.9. The summed E-state index contributed by atoms with van der Waals surface area (Å²) in [4.78, 5) is 23.5. The fourth-order valence-corrected chi connectivity index (χ4v) is 2.34. The molecular weight excluding hydrogens is 188 g/mol. The van der Waals surface area contributed by atoms with Crippen molar-refractivity contribution in [2.45, 2.75) is 47.0 Å². The Morgan fingerprint density at radius 3 is 2.33 bits per heavy atom. The first kappa shape index (κ1) is 12.4. The van der Waals surface area contributed by atoms with Gasteiger partial charge in [-0.2, -0.15) is 0 Å². The van der Waals surface area contributed by atoms with E-state index in [0.717, 1.165) is 12.8 Å². The largest absolute Gasteiger partial charge is 0.299 e. The molecule has 2 nitrogen and oxygen atoms in total. The maximum Gasteiger partial charge on any atom is 0.145 e. The third kappa shape index (κ3) is 2.90. The second-order valence-corrected chi connectivity index (χ2v) is 5.35. The van der Waals surface area contributed by atoms with Gasteiger partial charge >= 0.3 is 0 Å². The minimum absolute atomic E-state index is 0.00939. The molecule has 15 heavy (non-hydrogen) atoms. The van der Waals surface area contributed by atoms with Gasteiger partial charge in [0.2, 0.25) is 0 Å². The molecule has 0 aromatic rings. The second-order valence-electron chi connectivity index (χ2n) is 5.35. The lowest BCUT2D eigenvalue weighted by molar-refractivity contribution is -0.137. The molecule has 2 heteroatoms. The number of carbonyl (C=O) groups excluding carboxylic acids is 2. The van der Waals surface area contributed by atoms with E-state index in [0.29, 0.717) is 18.3 Å². The first-order chi connectivity index (χ1) is 6.93. The van der Waals surface area contributed by atoms with Gasteiger partial charge in [0.05, 0.1) is 5.92 Å². The van der Waals surface area contributed by atoms with Crippen molar-refractivity contribution < 1.29 is 9.59 Å². The van der Waals surface area contributed by atoms with Gasteiger partial charge in [-0.1, -0.05) is 27.7 Å². The van der Waals surface area contributed by atoms with E-state index in [-0.39, 0.29) is 23.4 Å². The fraction of sp³-hybridized carbons (Fsp3) is 0.846. The van der Waals surface area contributed by atoms with E-state index in [4.69, 9.17) is 0 Å². The van der Waals surface area contributed by atoms with Gasteiger partial charge in [-0.05, 0) is 24.7 Å². The predicted octanol–water partition coefficient (Wildman–Crippen LogP) is 2.85. The molecule has 1 aliphatic rings. The normalized spacial score (nSPS) is 27.5. The standard InChI is InChI=1S/C13H22O2/c1-8(2)10-5-6-12(14)11(7-10)13(15)9(3)4/h8-11H,5-7H2,1-4H3. The Balaban J connectivity index is 2.69. The van der Waals surface area contributed by atoms with Crippen molar-refractivity contribution >= 4 is 11.6 Å². The van der Waals surface area contributed by atoms with Crippen LogP contribution in [0.15, 0.2) is 0 Å². The third-order valence-corrected chi connectivity index (χ3v) is 3.54. The number of ketones is 2. The van der Waals surface area contributed by atoms with Crippen LogP contribution in [-0.2, 0) is 9.59 Å². The first-order valence-electron chi connectivity index (χ1n) is 6.00. The summed E-state index contributed by atoms with van der Waals surface area (Å²) in [5.41, 5.74) is 0. The molecule has 0 aromatic heterocycles. The Hall–Kier alpha value is -0.660. The van der Waals surface area contributed by atoms with Crippen LogP contribution < -0.4 is 0 Å². The van der Waals surface area contributed by atoms with Gasteiger partial charge in [0, 0.05) is 12.3 Å². The molecule has 0 heterocycles. The van der Waals surface area contributed by atoms with Crippen LogP contribution >= 0.6 is 0 Å². The Morgan fingerprint density at radius 2 is 1.87 bits per heavy atom. The smallest absolute Gasteiger partial charge is 0.145 e. The predicted molar refractivity (Wildman–Crippen MR) is 60.5 cm³/mol. The van der Waals surface area contributed by atoms with Crippen molar-refractivity contribution in [1.82, 2.24) is 0 Å². The first-order valence-corrected chi connectivity index (χ1v) is 6.00. The summed E-state index contributed by atoms with van der Waals surface area (Å²) in [5, 5.41) is 0. The quantitative estimate of drug-likeness (QED) is 0.671. The highest BCUT2D eigenvalue weighted by Crippen LogP contribution is 2.33. The molecule has 1 aliphatic carbocycles. The number of hydrogen-bond donors (Lipinski definition) is 0. The summed E-state index contributed by atoms with van der Waals surface area (Å²) in [5.74, 6) is 1.14. The molecule has 1 rings (SSSR count). The van der Waals surface area contributed by atoms with Crippen LogP contribution in [0.2, 0.25) is 0 Å². The molecule has 0 amide bonds. The zero-order chi connectivity index (χ0) is 11.6. The van der Waals surface area contributed by atoms with Crippen molar-refractivity contribution in [1.29, 1.82) is 0 Å². The number of Topliss-reactive ketones (excluding diaryl/α,β-unsaturated/α-hetero) is 2. The van der Waals surface area contributed by atoms with Crippen LogP contribution in [0, 0.1) is 23.7 Å². The van der Waals surface area contributed by atoms with Crippen LogP contribution in [0.5, 0.6) is 0 Å². The summed E-state index contributed by atoms with van der Waals surface area (Å²) in [7, 11) is 0. The molecule has 0 saturated heterocycles. The molecule has 0 aromatic carbocycles. The molecule has 1 saturated carbocycles. The summed E-state index contributed by atoms with van der Waals surface area (Å²) in [6.07, 6.45) is 2.36. The Labute approximate surface area is 92.4 Å². The lowest BCUT2D eigenvalue weighted by Crippen LogP contribution is -2.35. The number of carbonyl (C=O) groups is 2. The highest BCUT2D eigenvalue weighted by molar-refractivity contribution is 6.03. The molecule has 2 unspecified atom stereocenters. The molecule has 0 aliphatic heterocycles. The Morgan fingerprint density at radius 1 is 1.27 bits per heavy atom. The maximum absolute atomic E-state index is 11.9. The fourth-order valence-electron chi connectivity index (χ4n) is 2.34. The molecule has 1 fully saturated rings. The van der Waals surface area contributed by atoms with E-state index in [1.807, 2.05) is 13.8 Å². The minimum atomic E-state index is -0.300. The van der Waals surface area contributed by atoms with Gasteiger partial charge < -0.3 is 0 Å². The monoisotopic (exact) mass is 210 g/mol. The molecule has 0 N–H and O–H groups in total. The van der Waals surface area contributed by atoms with Crippen LogP contribution in [0.1, 0.15) is 47.0 Å². The molecule has 0 radical (unpaired) electrons. The second kappa shape index (κ2) is 4.91. The molecule has 2 atom stereocenters. The minimum Gasteiger partial charge on any atom is -0.299 e. The van der Waals surface area contributed by atoms with E-state index in [1.54, 1.807) is 0 Å². The van der Waals surface area contributed by atoms with E-state index < -0.39 is 0 Å². The van der Waals surface area contributed by atoms with Gasteiger partial charge in [0.15, 0.2) is 0 Å². The van der Waals surface area contributed by atoms with Gasteiger partial charge in [0.1, 0.15) is 11.6 Å². The summed E-state index contributed by atoms with van der Waals surface area (Å²) in [6.45, 7) is 8.12. The van der Waals surface area contributed by atoms with Crippen molar-refractivity contribution in [3.05, 3.63) is 0 Å². The number of hydrogen-bond acceptors (Lipinski definition) is 2. The summed E-state index contributed by atoms with van der Waals surface area (Å²) in [6, 6.07) is 0. The highest BCUT2D eigenvalue weighted by Gasteiger charge is 2.35. The average molecular weight is 210 g/mol. The Kier molecular flexibility index (Phi) is 4.06. The van der Waals surface area contributed by atoms with Gasteiger partial charge in [-0.25, -0.2) is 0 Å². The van der Waals surface area contributed by atoms with E-state index >= 15 is 0 Å². The molecule has 0 bridgehead atoms. The Bertz CT molecular complexity index is 253. The zero-order valence-electron chi connectivity index (χ0n) is 10.2. The van der Waals surface area contributed by atoms with Gasteiger partial charge in [-0.15, -0.1) is 0 Å². The van der Waals surface area contributed by atoms with Crippen molar-refractivity contribution in [3.63, 3.8) is 0 Å². The van der Waals surface area contributed by atoms with Crippen molar-refractivity contribution in [2.75, 3.05) is 0 Å². The highest BCUT2D eigenvalue weighted by atomic mass is 16.2. The number of rotatable bonds is 3. The van der Waals surface area contributed by atoms with Crippen LogP contribution in [0.25, 0.3) is 0 Å². The summed E-state index contributed by atoms with van der Waals surface area (Å²) >= 11 is 0. The zero-order valence-corrected chi connectivity index (χ0v) is 10.2. The lowest BCUT2D eigenvalue weighted by atomic mass is 9.72.